The van der Waals surface area contributed by atoms with E-state index in [1.54, 1.807) is 24.3 Å². The summed E-state index contributed by atoms with van der Waals surface area (Å²) in [6, 6.07) is 14.6. The number of likely N-dealkylation sites (tertiary alicyclic amines) is 1. The van der Waals surface area contributed by atoms with Crippen LogP contribution in [0.15, 0.2) is 48.5 Å². The lowest BCUT2D eigenvalue weighted by Gasteiger charge is -2.31. The van der Waals surface area contributed by atoms with Gasteiger partial charge in [0.25, 0.3) is 5.91 Å². The fourth-order valence-corrected chi connectivity index (χ4v) is 3.39. The Hall–Kier alpha value is -3.15. The van der Waals surface area contributed by atoms with Crippen molar-refractivity contribution in [2.24, 2.45) is 5.92 Å². The molecule has 0 unspecified atom stereocenters. The zero-order chi connectivity index (χ0) is 20.1. The molecule has 2 aromatic rings. The van der Waals surface area contributed by atoms with Crippen molar-refractivity contribution in [1.29, 1.82) is 0 Å². The quantitative estimate of drug-likeness (QED) is 0.854. The third kappa shape index (κ3) is 4.97. The number of nitrogens with one attached hydrogen (secondary N) is 2. The van der Waals surface area contributed by atoms with Crippen LogP contribution in [0, 0.1) is 12.8 Å². The number of rotatable bonds is 4. The molecule has 2 N–H and O–H groups in total. The zero-order valence-corrected chi connectivity index (χ0v) is 16.2. The smallest absolute Gasteiger partial charge is 0.253 e. The monoisotopic (exact) mass is 379 g/mol. The maximum atomic E-state index is 12.6. The van der Waals surface area contributed by atoms with Gasteiger partial charge in [-0.1, -0.05) is 17.7 Å². The van der Waals surface area contributed by atoms with Crippen LogP contribution in [0.1, 0.15) is 35.7 Å². The van der Waals surface area contributed by atoms with Crippen molar-refractivity contribution in [2.45, 2.75) is 26.7 Å². The van der Waals surface area contributed by atoms with Crippen molar-refractivity contribution in [3.63, 3.8) is 0 Å². The van der Waals surface area contributed by atoms with E-state index in [2.05, 4.69) is 10.6 Å². The van der Waals surface area contributed by atoms with Gasteiger partial charge in [0.15, 0.2) is 0 Å². The zero-order valence-electron chi connectivity index (χ0n) is 16.2. The molecule has 0 aliphatic carbocycles. The molecule has 0 spiro atoms. The van der Waals surface area contributed by atoms with Gasteiger partial charge in [0.2, 0.25) is 11.8 Å². The van der Waals surface area contributed by atoms with Crippen molar-refractivity contribution < 1.29 is 14.4 Å². The minimum absolute atomic E-state index is 0.0242. The predicted molar refractivity (Wildman–Crippen MR) is 109 cm³/mol. The topological polar surface area (TPSA) is 78.5 Å². The number of carbonyl (C=O) groups is 3. The van der Waals surface area contributed by atoms with E-state index in [1.165, 1.54) is 6.92 Å². The molecule has 6 heteroatoms. The molecule has 6 nitrogen and oxygen atoms in total. The lowest BCUT2D eigenvalue weighted by Crippen LogP contribution is -2.41. The number of piperidine rings is 1. The number of carbonyl (C=O) groups excluding carboxylic acids is 3. The summed E-state index contributed by atoms with van der Waals surface area (Å²) in [6.45, 7) is 4.57. The van der Waals surface area contributed by atoms with Crippen LogP contribution in [0.2, 0.25) is 0 Å². The van der Waals surface area contributed by atoms with Gasteiger partial charge in [-0.3, -0.25) is 14.4 Å². The molecular weight excluding hydrogens is 354 g/mol. The Balaban J connectivity index is 1.52. The fraction of sp³-hybridized carbons (Fsp3) is 0.318. The Morgan fingerprint density at radius 3 is 2.11 bits per heavy atom. The molecule has 1 fully saturated rings. The van der Waals surface area contributed by atoms with Crippen LogP contribution >= 0.6 is 0 Å². The summed E-state index contributed by atoms with van der Waals surface area (Å²) in [6.07, 6.45) is 1.29. The lowest BCUT2D eigenvalue weighted by atomic mass is 9.95. The molecule has 2 aromatic carbocycles. The first kappa shape index (κ1) is 19.6. The van der Waals surface area contributed by atoms with Gasteiger partial charge in [0.05, 0.1) is 0 Å². The van der Waals surface area contributed by atoms with Crippen LogP contribution in [0.4, 0.5) is 11.4 Å². The first-order valence-corrected chi connectivity index (χ1v) is 9.47. The molecule has 28 heavy (non-hydrogen) atoms. The molecule has 1 heterocycles. The van der Waals surface area contributed by atoms with E-state index in [-0.39, 0.29) is 23.6 Å². The third-order valence-corrected chi connectivity index (χ3v) is 4.89. The van der Waals surface area contributed by atoms with Crippen LogP contribution < -0.4 is 10.6 Å². The number of amides is 3. The van der Waals surface area contributed by atoms with Gasteiger partial charge in [-0.25, -0.2) is 0 Å². The predicted octanol–water partition coefficient (Wildman–Crippen LogP) is 3.44. The second kappa shape index (κ2) is 8.69. The van der Waals surface area contributed by atoms with Gasteiger partial charge in [-0.2, -0.15) is 0 Å². The molecule has 0 saturated carbocycles. The van der Waals surface area contributed by atoms with Crippen molar-refractivity contribution in [3.8, 4) is 0 Å². The number of anilines is 2. The van der Waals surface area contributed by atoms with Crippen LogP contribution in [-0.4, -0.2) is 35.7 Å². The molecule has 1 aliphatic rings. The first-order chi connectivity index (χ1) is 13.4. The van der Waals surface area contributed by atoms with Crippen LogP contribution in [0.3, 0.4) is 0 Å². The molecular formula is C22H25N3O3. The molecule has 1 aliphatic heterocycles. The normalized spacial score (nSPS) is 14.4. The maximum absolute atomic E-state index is 12.6. The van der Waals surface area contributed by atoms with Crippen molar-refractivity contribution in [3.05, 3.63) is 59.7 Å². The van der Waals surface area contributed by atoms with Crippen molar-refractivity contribution in [1.82, 2.24) is 4.90 Å². The minimum atomic E-state index is -0.135. The Labute approximate surface area is 164 Å². The number of benzene rings is 2. The van der Waals surface area contributed by atoms with Crippen molar-refractivity contribution >= 4 is 29.1 Å². The summed E-state index contributed by atoms with van der Waals surface area (Å²) >= 11 is 0. The fourth-order valence-electron chi connectivity index (χ4n) is 3.39. The number of hydrogen-bond acceptors (Lipinski definition) is 3. The van der Waals surface area contributed by atoms with E-state index >= 15 is 0 Å². The summed E-state index contributed by atoms with van der Waals surface area (Å²) in [5.74, 6) is -0.258. The summed E-state index contributed by atoms with van der Waals surface area (Å²) < 4.78 is 0. The van der Waals surface area contributed by atoms with Crippen LogP contribution in [0.25, 0.3) is 0 Å². The molecule has 0 aromatic heterocycles. The Bertz CT molecular complexity index is 869. The summed E-state index contributed by atoms with van der Waals surface area (Å²) in [5.41, 5.74) is 3.14. The molecule has 0 atom stereocenters. The molecule has 3 rings (SSSR count). The largest absolute Gasteiger partial charge is 0.339 e. The summed E-state index contributed by atoms with van der Waals surface area (Å²) in [5, 5.41) is 5.61. The second-order valence-corrected chi connectivity index (χ2v) is 7.18. The Kier molecular flexibility index (Phi) is 6.09. The maximum Gasteiger partial charge on any atom is 0.253 e. The highest BCUT2D eigenvalue weighted by Gasteiger charge is 2.27. The second-order valence-electron chi connectivity index (χ2n) is 7.18. The molecule has 1 saturated heterocycles. The highest BCUT2D eigenvalue weighted by Crippen LogP contribution is 2.22. The number of aryl methyl sites for hydroxylation is 1. The average Bonchev–Trinajstić information content (AvgIpc) is 2.68. The number of hydrogen-bond donors (Lipinski definition) is 2. The van der Waals surface area contributed by atoms with E-state index in [9.17, 15) is 14.4 Å². The van der Waals surface area contributed by atoms with Gasteiger partial charge in [0, 0.05) is 42.9 Å². The van der Waals surface area contributed by atoms with Crippen LogP contribution in [0.5, 0.6) is 0 Å². The summed E-state index contributed by atoms with van der Waals surface area (Å²) in [4.78, 5) is 38.0. The van der Waals surface area contributed by atoms with Gasteiger partial charge >= 0.3 is 0 Å². The third-order valence-electron chi connectivity index (χ3n) is 4.89. The van der Waals surface area contributed by atoms with Gasteiger partial charge in [0.1, 0.15) is 0 Å². The highest BCUT2D eigenvalue weighted by molar-refractivity contribution is 5.95. The first-order valence-electron chi connectivity index (χ1n) is 9.47. The average molecular weight is 379 g/mol. The highest BCUT2D eigenvalue weighted by atomic mass is 16.2. The summed E-state index contributed by atoms with van der Waals surface area (Å²) in [7, 11) is 0. The van der Waals surface area contributed by atoms with E-state index in [4.69, 9.17) is 0 Å². The van der Waals surface area contributed by atoms with E-state index in [0.717, 1.165) is 5.56 Å². The molecule has 146 valence electrons. The van der Waals surface area contributed by atoms with Gasteiger partial charge in [-0.05, 0) is 56.2 Å². The van der Waals surface area contributed by atoms with Gasteiger partial charge < -0.3 is 15.5 Å². The Morgan fingerprint density at radius 1 is 0.929 bits per heavy atom. The number of nitrogens with zero attached hydrogens (tertiary/aromatic N) is 1. The molecule has 0 radical (unpaired) electrons. The Morgan fingerprint density at radius 2 is 1.54 bits per heavy atom. The molecule has 3 amide bonds. The lowest BCUT2D eigenvalue weighted by molar-refractivity contribution is -0.121. The van der Waals surface area contributed by atoms with E-state index in [1.807, 2.05) is 36.1 Å². The van der Waals surface area contributed by atoms with E-state index < -0.39 is 0 Å². The minimum Gasteiger partial charge on any atom is -0.339 e. The van der Waals surface area contributed by atoms with Gasteiger partial charge in [-0.15, -0.1) is 0 Å². The van der Waals surface area contributed by atoms with Crippen molar-refractivity contribution in [2.75, 3.05) is 23.7 Å². The van der Waals surface area contributed by atoms with Crippen LogP contribution in [-0.2, 0) is 9.59 Å². The SMILES string of the molecule is CC(=O)Nc1ccc(NC(=O)C2CCN(C(=O)c3cccc(C)c3)CC2)cc1. The van der Waals surface area contributed by atoms with E-state index in [0.29, 0.717) is 42.9 Å². The standard InChI is InChI=1S/C22H25N3O3/c1-15-4-3-5-18(14-15)22(28)25-12-10-17(11-13-25)21(27)24-20-8-6-19(7-9-20)23-16(2)26/h3-9,14,17H,10-13H2,1-2H3,(H,23,26)(H,24,27). The molecule has 0 bridgehead atoms.